The van der Waals surface area contributed by atoms with Crippen molar-refractivity contribution in [2.75, 3.05) is 23.9 Å². The van der Waals surface area contributed by atoms with Gasteiger partial charge in [-0.05, 0) is 49.2 Å². The van der Waals surface area contributed by atoms with E-state index < -0.39 is 5.92 Å². The van der Waals surface area contributed by atoms with Gasteiger partial charge in [-0.2, -0.15) is 0 Å². The van der Waals surface area contributed by atoms with Crippen molar-refractivity contribution in [3.8, 4) is 5.75 Å². The zero-order valence-electron chi connectivity index (χ0n) is 15.0. The molecule has 0 saturated carbocycles. The molecule has 0 radical (unpaired) electrons. The van der Waals surface area contributed by atoms with Crippen LogP contribution in [0.5, 0.6) is 5.75 Å². The molecule has 2 aromatic carbocycles. The molecule has 2 amide bonds. The van der Waals surface area contributed by atoms with Crippen molar-refractivity contribution in [3.05, 3.63) is 52.5 Å². The zero-order valence-corrected chi connectivity index (χ0v) is 15.8. The van der Waals surface area contributed by atoms with Crippen molar-refractivity contribution in [1.29, 1.82) is 0 Å². The average Bonchev–Trinajstić information content (AvgIpc) is 3.01. The number of ether oxygens (including phenoxy) is 1. The fourth-order valence-electron chi connectivity index (χ4n) is 3.08. The van der Waals surface area contributed by atoms with Crippen LogP contribution in [0.2, 0.25) is 5.02 Å². The Morgan fingerprint density at radius 1 is 1.27 bits per heavy atom. The lowest BCUT2D eigenvalue weighted by Gasteiger charge is -2.18. The van der Waals surface area contributed by atoms with Crippen molar-refractivity contribution in [3.63, 3.8) is 0 Å². The van der Waals surface area contributed by atoms with E-state index in [1.165, 1.54) is 7.11 Å². The molecular weight excluding hydrogens is 352 g/mol. The van der Waals surface area contributed by atoms with Crippen LogP contribution in [-0.2, 0) is 9.59 Å². The minimum Gasteiger partial charge on any atom is -0.495 e. The summed E-state index contributed by atoms with van der Waals surface area (Å²) in [6.45, 7) is 4.30. The van der Waals surface area contributed by atoms with Crippen LogP contribution in [0.25, 0.3) is 0 Å². The summed E-state index contributed by atoms with van der Waals surface area (Å²) in [4.78, 5) is 26.6. The van der Waals surface area contributed by atoms with Crippen LogP contribution in [0.15, 0.2) is 36.4 Å². The summed E-state index contributed by atoms with van der Waals surface area (Å²) in [5.74, 6) is -0.0870. The van der Waals surface area contributed by atoms with E-state index in [1.807, 2.05) is 32.0 Å². The third-order valence-corrected chi connectivity index (χ3v) is 5.10. The number of anilines is 2. The highest BCUT2D eigenvalue weighted by atomic mass is 35.5. The average molecular weight is 373 g/mol. The van der Waals surface area contributed by atoms with Gasteiger partial charge < -0.3 is 15.0 Å². The highest BCUT2D eigenvalue weighted by Crippen LogP contribution is 2.32. The van der Waals surface area contributed by atoms with E-state index in [0.717, 1.165) is 16.8 Å². The lowest BCUT2D eigenvalue weighted by Crippen LogP contribution is -2.28. The molecule has 0 spiro atoms. The van der Waals surface area contributed by atoms with Gasteiger partial charge in [-0.3, -0.25) is 9.59 Å². The van der Waals surface area contributed by atoms with Gasteiger partial charge in [-0.15, -0.1) is 0 Å². The van der Waals surface area contributed by atoms with Gasteiger partial charge in [0.25, 0.3) is 0 Å². The monoisotopic (exact) mass is 372 g/mol. The first-order chi connectivity index (χ1) is 12.4. The first kappa shape index (κ1) is 18.3. The van der Waals surface area contributed by atoms with Gasteiger partial charge in [0.05, 0.1) is 18.1 Å². The number of nitrogens with zero attached hydrogens (tertiary/aromatic N) is 1. The smallest absolute Gasteiger partial charge is 0.229 e. The second kappa shape index (κ2) is 7.38. The largest absolute Gasteiger partial charge is 0.495 e. The standard InChI is InChI=1S/C20H21ClN2O3/c1-12-5-4-6-17(13(12)2)22-20(25)14-9-19(24)23(11-14)15-7-8-18(26-3)16(21)10-15/h4-8,10,14H,9,11H2,1-3H3,(H,22,25). The van der Waals surface area contributed by atoms with Crippen LogP contribution in [0.1, 0.15) is 17.5 Å². The predicted octanol–water partition coefficient (Wildman–Crippen LogP) is 3.96. The number of halogens is 1. The Balaban J connectivity index is 1.74. The van der Waals surface area contributed by atoms with Crippen LogP contribution in [-0.4, -0.2) is 25.5 Å². The number of carbonyl (C=O) groups excluding carboxylic acids is 2. The van der Waals surface area contributed by atoms with E-state index in [0.29, 0.717) is 23.0 Å². The zero-order chi connectivity index (χ0) is 18.8. The SMILES string of the molecule is COc1ccc(N2CC(C(=O)Nc3cccc(C)c3C)CC2=O)cc1Cl. The Kier molecular flexibility index (Phi) is 5.18. The Labute approximate surface area is 157 Å². The van der Waals surface area contributed by atoms with Gasteiger partial charge in [0, 0.05) is 24.3 Å². The Morgan fingerprint density at radius 2 is 2.04 bits per heavy atom. The molecular formula is C20H21ClN2O3. The fraction of sp³-hybridized carbons (Fsp3) is 0.300. The molecule has 1 heterocycles. The first-order valence-corrected chi connectivity index (χ1v) is 8.79. The van der Waals surface area contributed by atoms with Gasteiger partial charge in [-0.1, -0.05) is 23.7 Å². The highest BCUT2D eigenvalue weighted by molar-refractivity contribution is 6.32. The van der Waals surface area contributed by atoms with E-state index in [-0.39, 0.29) is 18.2 Å². The molecule has 0 aliphatic carbocycles. The van der Waals surface area contributed by atoms with Gasteiger partial charge >= 0.3 is 0 Å². The summed E-state index contributed by atoms with van der Waals surface area (Å²) in [5, 5.41) is 3.38. The van der Waals surface area contributed by atoms with Crippen LogP contribution >= 0.6 is 11.6 Å². The van der Waals surface area contributed by atoms with E-state index in [4.69, 9.17) is 16.3 Å². The van der Waals surface area contributed by atoms with Gasteiger partial charge in [0.2, 0.25) is 11.8 Å². The second-order valence-electron chi connectivity index (χ2n) is 6.46. The van der Waals surface area contributed by atoms with Crippen molar-refractivity contribution >= 4 is 34.8 Å². The maximum Gasteiger partial charge on any atom is 0.229 e. The first-order valence-electron chi connectivity index (χ1n) is 8.41. The number of hydrogen-bond donors (Lipinski definition) is 1. The van der Waals surface area contributed by atoms with Gasteiger partial charge in [0.1, 0.15) is 5.75 Å². The van der Waals surface area contributed by atoms with Crippen LogP contribution in [0.4, 0.5) is 11.4 Å². The molecule has 1 aliphatic heterocycles. The Morgan fingerprint density at radius 3 is 2.73 bits per heavy atom. The highest BCUT2D eigenvalue weighted by Gasteiger charge is 2.35. The number of rotatable bonds is 4. The molecule has 6 heteroatoms. The normalized spacial score (nSPS) is 16.7. The van der Waals surface area contributed by atoms with Crippen LogP contribution in [0.3, 0.4) is 0 Å². The molecule has 5 nitrogen and oxygen atoms in total. The molecule has 1 atom stereocenters. The number of aryl methyl sites for hydroxylation is 1. The fourth-order valence-corrected chi connectivity index (χ4v) is 3.33. The Hall–Kier alpha value is -2.53. The summed E-state index contributed by atoms with van der Waals surface area (Å²) in [6.07, 6.45) is 0.181. The third-order valence-electron chi connectivity index (χ3n) is 4.81. The molecule has 3 rings (SSSR count). The molecule has 1 saturated heterocycles. The molecule has 0 aromatic heterocycles. The van der Waals surface area contributed by atoms with Crippen LogP contribution < -0.4 is 15.0 Å². The van der Waals surface area contributed by atoms with Gasteiger partial charge in [0.15, 0.2) is 0 Å². The topological polar surface area (TPSA) is 58.6 Å². The number of methoxy groups -OCH3 is 1. The molecule has 0 bridgehead atoms. The summed E-state index contributed by atoms with van der Waals surface area (Å²) in [5.41, 5.74) is 3.60. The molecule has 136 valence electrons. The summed E-state index contributed by atoms with van der Waals surface area (Å²) < 4.78 is 5.14. The molecule has 1 unspecified atom stereocenters. The van der Waals surface area contributed by atoms with Crippen molar-refractivity contribution in [2.45, 2.75) is 20.3 Å². The van der Waals surface area contributed by atoms with Crippen molar-refractivity contribution < 1.29 is 14.3 Å². The summed E-state index contributed by atoms with van der Waals surface area (Å²) >= 11 is 6.15. The summed E-state index contributed by atoms with van der Waals surface area (Å²) in [7, 11) is 1.54. The van der Waals surface area contributed by atoms with E-state index in [1.54, 1.807) is 23.1 Å². The maximum absolute atomic E-state index is 12.6. The number of hydrogen-bond acceptors (Lipinski definition) is 3. The number of benzene rings is 2. The molecule has 1 fully saturated rings. The lowest BCUT2D eigenvalue weighted by atomic mass is 10.1. The second-order valence-corrected chi connectivity index (χ2v) is 6.87. The molecule has 1 N–H and O–H groups in total. The van der Waals surface area contributed by atoms with Gasteiger partial charge in [-0.25, -0.2) is 0 Å². The quantitative estimate of drug-likeness (QED) is 0.883. The predicted molar refractivity (Wildman–Crippen MR) is 103 cm³/mol. The summed E-state index contributed by atoms with van der Waals surface area (Å²) in [6, 6.07) is 11.0. The number of carbonyl (C=O) groups is 2. The van der Waals surface area contributed by atoms with E-state index in [2.05, 4.69) is 5.32 Å². The number of amides is 2. The van der Waals surface area contributed by atoms with Crippen molar-refractivity contribution in [1.82, 2.24) is 0 Å². The lowest BCUT2D eigenvalue weighted by molar-refractivity contribution is -0.122. The maximum atomic E-state index is 12.6. The van der Waals surface area contributed by atoms with E-state index in [9.17, 15) is 9.59 Å². The van der Waals surface area contributed by atoms with E-state index >= 15 is 0 Å². The van der Waals surface area contributed by atoms with Crippen molar-refractivity contribution in [2.24, 2.45) is 5.92 Å². The Bertz CT molecular complexity index is 866. The molecule has 2 aromatic rings. The minimum absolute atomic E-state index is 0.0904. The molecule has 26 heavy (non-hydrogen) atoms. The molecule has 1 aliphatic rings. The third kappa shape index (κ3) is 3.53. The minimum atomic E-state index is -0.400. The van der Waals surface area contributed by atoms with Crippen LogP contribution in [0, 0.1) is 19.8 Å². The number of nitrogens with one attached hydrogen (secondary N) is 1.